The van der Waals surface area contributed by atoms with Gasteiger partial charge in [-0.05, 0) is 95.9 Å². The van der Waals surface area contributed by atoms with E-state index in [2.05, 4.69) is 66.3 Å². The Morgan fingerprint density at radius 3 is 2.08 bits per heavy atom. The first kappa shape index (κ1) is 49.2. The zero-order valence-corrected chi connectivity index (χ0v) is 38.0. The molecule has 0 aliphatic carbocycles. The van der Waals surface area contributed by atoms with Crippen molar-refractivity contribution in [1.29, 1.82) is 5.26 Å². The fourth-order valence-electron chi connectivity index (χ4n) is 7.63. The summed E-state index contributed by atoms with van der Waals surface area (Å²) in [7, 11) is 1.44. The second kappa shape index (κ2) is 22.2. The number of nitriles is 1. The van der Waals surface area contributed by atoms with Crippen LogP contribution < -0.4 is 47.9 Å². The van der Waals surface area contributed by atoms with Crippen LogP contribution in [0.1, 0.15) is 72.8 Å². The molecule has 16 nitrogen and oxygen atoms in total. The molecule has 16 heteroatoms. The van der Waals surface area contributed by atoms with E-state index < -0.39 is 53.7 Å². The maximum Gasteiger partial charge on any atom is 0.252 e. The molecule has 65 heavy (non-hydrogen) atoms. The smallest absolute Gasteiger partial charge is 0.252 e. The number of carbonyl (C=O) groups excluding carboxylic acids is 5. The Bertz CT molecular complexity index is 2410. The van der Waals surface area contributed by atoms with Gasteiger partial charge in [0.2, 0.25) is 23.6 Å². The van der Waals surface area contributed by atoms with Crippen LogP contribution in [0.4, 0.5) is 0 Å². The number of nitrogens with one attached hydrogen (secondary N) is 4. The minimum Gasteiger partial charge on any atom is -0.492 e. The van der Waals surface area contributed by atoms with Gasteiger partial charge in [-0.2, -0.15) is 5.26 Å². The number of benzene rings is 4. The van der Waals surface area contributed by atoms with Crippen LogP contribution in [-0.2, 0) is 31.0 Å². The molecule has 0 saturated carbocycles. The number of hydrogen-bond acceptors (Lipinski definition) is 11. The predicted octanol–water partition coefficient (Wildman–Crippen LogP) is 3.13. The summed E-state index contributed by atoms with van der Waals surface area (Å²) in [6, 6.07) is 21.0. The Morgan fingerprint density at radius 2 is 1.48 bits per heavy atom. The molecule has 4 bridgehead atoms. The number of nitrogens with zero attached hydrogens (tertiary/aromatic N) is 2. The van der Waals surface area contributed by atoms with Crippen molar-refractivity contribution in [3.63, 3.8) is 0 Å². The Morgan fingerprint density at radius 1 is 0.846 bits per heavy atom. The van der Waals surface area contributed by atoms with E-state index >= 15 is 0 Å². The normalized spacial score (nSPS) is 16.7. The molecule has 0 aromatic heterocycles. The van der Waals surface area contributed by atoms with Gasteiger partial charge in [0, 0.05) is 43.2 Å². The number of nitrogens with two attached hydrogens (primary N) is 3. The fourth-order valence-corrected chi connectivity index (χ4v) is 7.63. The van der Waals surface area contributed by atoms with Gasteiger partial charge in [-0.15, -0.1) is 0 Å². The maximum atomic E-state index is 14.7. The molecule has 4 atom stereocenters. The minimum atomic E-state index is -1.38. The van der Waals surface area contributed by atoms with Gasteiger partial charge in [0.05, 0.1) is 6.07 Å². The summed E-state index contributed by atoms with van der Waals surface area (Å²) in [6.07, 6.45) is 0.0517. The van der Waals surface area contributed by atoms with Gasteiger partial charge in [-0.1, -0.05) is 69.3 Å². The molecule has 10 N–H and O–H groups in total. The van der Waals surface area contributed by atoms with Crippen LogP contribution in [0, 0.1) is 18.3 Å². The molecule has 5 amide bonds. The van der Waals surface area contributed by atoms with E-state index in [1.165, 1.54) is 24.4 Å². The van der Waals surface area contributed by atoms with Crippen LogP contribution >= 0.6 is 0 Å². The van der Waals surface area contributed by atoms with Crippen molar-refractivity contribution in [1.82, 2.24) is 26.2 Å². The summed E-state index contributed by atoms with van der Waals surface area (Å²) in [5.74, 6) is -2.37. The summed E-state index contributed by atoms with van der Waals surface area (Å²) in [6.45, 7) is 10.2. The highest BCUT2D eigenvalue weighted by atomic mass is 16.5. The lowest BCUT2D eigenvalue weighted by atomic mass is 9.86. The van der Waals surface area contributed by atoms with E-state index in [4.69, 9.17) is 31.9 Å². The molecule has 4 unspecified atom stereocenters. The number of amides is 5. The largest absolute Gasteiger partial charge is 0.492 e. The average Bonchev–Trinajstić information content (AvgIpc) is 3.28. The van der Waals surface area contributed by atoms with E-state index in [9.17, 15) is 24.0 Å². The zero-order valence-electron chi connectivity index (χ0n) is 38.0. The number of fused-ring (bicyclic) bond motifs is 5. The highest BCUT2D eigenvalue weighted by molar-refractivity contribution is 6.00. The van der Waals surface area contributed by atoms with Crippen LogP contribution in [0.5, 0.6) is 11.5 Å². The Balaban J connectivity index is 1.55. The van der Waals surface area contributed by atoms with E-state index in [0.717, 1.165) is 11.1 Å². The second-order valence-corrected chi connectivity index (χ2v) is 17.0. The molecule has 1 aliphatic rings. The summed E-state index contributed by atoms with van der Waals surface area (Å²) < 4.78 is 12.2. The summed E-state index contributed by atoms with van der Waals surface area (Å²) in [5.41, 5.74) is 23.8. The third kappa shape index (κ3) is 12.3. The molecule has 0 spiro atoms. The average molecular weight is 888 g/mol. The molecular weight excluding hydrogens is 827 g/mol. The van der Waals surface area contributed by atoms with E-state index in [-0.39, 0.29) is 57.6 Å². The Hall–Kier alpha value is -6.80. The first-order chi connectivity index (χ1) is 31.0. The van der Waals surface area contributed by atoms with E-state index in [0.29, 0.717) is 44.9 Å². The third-order valence-corrected chi connectivity index (χ3v) is 11.2. The zero-order chi connectivity index (χ0) is 47.4. The molecule has 1 heterocycles. The monoisotopic (exact) mass is 887 g/mol. The Labute approximate surface area is 380 Å². The minimum absolute atomic E-state index is 0.000816. The molecule has 0 radical (unpaired) electrons. The lowest BCUT2D eigenvalue weighted by Gasteiger charge is -2.32. The number of likely N-dealkylation sites (N-methyl/N-ethyl adjacent to an activating group) is 1. The van der Waals surface area contributed by atoms with Gasteiger partial charge in [0.25, 0.3) is 5.91 Å². The molecule has 0 saturated heterocycles. The molecule has 344 valence electrons. The van der Waals surface area contributed by atoms with Crippen molar-refractivity contribution in [3.05, 3.63) is 107 Å². The van der Waals surface area contributed by atoms with Gasteiger partial charge in [0.15, 0.2) is 0 Å². The fraction of sp³-hybridized carbons (Fsp3) is 0.388. The van der Waals surface area contributed by atoms with Crippen LogP contribution in [0.25, 0.3) is 22.3 Å². The first-order valence-corrected chi connectivity index (χ1v) is 21.7. The molecular formula is C49H61N9O7. The number of ether oxygens (including phenoxy) is 2. The molecule has 0 fully saturated rings. The van der Waals surface area contributed by atoms with Gasteiger partial charge < -0.3 is 52.8 Å². The van der Waals surface area contributed by atoms with Crippen molar-refractivity contribution in [2.45, 2.75) is 77.0 Å². The maximum absolute atomic E-state index is 14.7. The number of carbonyl (C=O) groups is 5. The third-order valence-electron chi connectivity index (χ3n) is 11.2. The molecule has 1 aliphatic heterocycles. The summed E-state index contributed by atoms with van der Waals surface area (Å²) in [5, 5.41) is 20.0. The van der Waals surface area contributed by atoms with Crippen molar-refractivity contribution >= 4 is 29.5 Å². The van der Waals surface area contributed by atoms with Crippen LogP contribution in [0.15, 0.2) is 78.9 Å². The van der Waals surface area contributed by atoms with Crippen LogP contribution in [0.2, 0.25) is 0 Å². The lowest BCUT2D eigenvalue weighted by molar-refractivity contribution is -0.141. The molecule has 4 aromatic carbocycles. The highest BCUT2D eigenvalue weighted by Gasteiger charge is 2.36. The van der Waals surface area contributed by atoms with Gasteiger partial charge in [-0.3, -0.25) is 24.0 Å². The van der Waals surface area contributed by atoms with Gasteiger partial charge in [-0.25, -0.2) is 0 Å². The molecule has 4 aromatic rings. The SMILES string of the molecule is Cc1cc(-c2ccc(C(C)(C)C)cc2)ccc1C(=O)NC(CCN)C(=O)N(C)C1C(=O)NC(C)C(=O)NC(C(=O)NCC#N)Cc2ccc(OCCN)c(c2)-c2cc1ccc2OCCN. The lowest BCUT2D eigenvalue weighted by Crippen LogP contribution is -2.56. The van der Waals surface area contributed by atoms with Crippen LogP contribution in [-0.4, -0.2) is 99.0 Å². The number of hydrogen-bond donors (Lipinski definition) is 7. The number of aryl methyl sites for hydroxylation is 1. The summed E-state index contributed by atoms with van der Waals surface area (Å²) >= 11 is 0. The van der Waals surface area contributed by atoms with Crippen molar-refractivity contribution in [3.8, 4) is 39.8 Å². The summed E-state index contributed by atoms with van der Waals surface area (Å²) in [4.78, 5) is 71.5. The quantitative estimate of drug-likeness (QED) is 0.0854. The topological polar surface area (TPSA) is 257 Å². The Kier molecular flexibility index (Phi) is 16.8. The van der Waals surface area contributed by atoms with Crippen molar-refractivity contribution < 1.29 is 33.4 Å². The number of rotatable bonds is 15. The standard InChI is InChI=1S/C49H61N9O7/c1-29-25-33(32-8-12-35(13-9-32)49(3,4)5)10-14-36(29)45(60)56-39(17-18-50)48(63)58(6)43-34-11-16-42(65-24-21-53)38(28-34)37-26-31(7-15-41(37)64-23-20-52)27-40(46(61)54-22-19-51)57-44(59)30(2)55-47(43)62/h7-16,25-26,28,30,39-40,43H,17-18,20-24,27,50,52-53H2,1-6H3,(H,54,61)(H,55,62)(H,56,60)(H,57,59). The van der Waals surface area contributed by atoms with Gasteiger partial charge >= 0.3 is 0 Å². The van der Waals surface area contributed by atoms with E-state index in [1.54, 1.807) is 42.5 Å². The first-order valence-electron chi connectivity index (χ1n) is 21.7. The van der Waals surface area contributed by atoms with E-state index in [1.807, 2.05) is 25.1 Å². The van der Waals surface area contributed by atoms with Crippen LogP contribution in [0.3, 0.4) is 0 Å². The molecule has 5 rings (SSSR count). The highest BCUT2D eigenvalue weighted by Crippen LogP contribution is 2.40. The van der Waals surface area contributed by atoms with Crippen molar-refractivity contribution in [2.24, 2.45) is 17.2 Å². The van der Waals surface area contributed by atoms with Crippen molar-refractivity contribution in [2.75, 3.05) is 46.4 Å². The van der Waals surface area contributed by atoms with Gasteiger partial charge in [0.1, 0.15) is 55.4 Å². The predicted molar refractivity (Wildman–Crippen MR) is 249 cm³/mol. The second-order valence-electron chi connectivity index (χ2n) is 17.0.